The Hall–Kier alpha value is -2.19. The average molecular weight is 358 g/mol. The Kier molecular flexibility index (Phi) is 6.10. The van der Waals surface area contributed by atoms with E-state index in [0.717, 1.165) is 6.07 Å². The van der Waals surface area contributed by atoms with Crippen molar-refractivity contribution in [3.05, 3.63) is 29.0 Å². The van der Waals surface area contributed by atoms with E-state index in [2.05, 4.69) is 15.4 Å². The van der Waals surface area contributed by atoms with Crippen molar-refractivity contribution in [2.45, 2.75) is 12.5 Å². The molecule has 0 aliphatic carbocycles. The fourth-order valence-electron chi connectivity index (χ4n) is 2.37. The second-order valence-electron chi connectivity index (χ2n) is 5.23. The molecule has 0 aromatic heterocycles. The fraction of sp³-hybridized carbons (Fsp3) is 0.400. The van der Waals surface area contributed by atoms with E-state index in [1.807, 2.05) is 0 Å². The minimum atomic E-state index is -0.770. The Morgan fingerprint density at radius 2 is 2.25 bits per heavy atom. The number of halogens is 2. The molecule has 0 saturated carbocycles. The first kappa shape index (κ1) is 18.2. The number of nitrogens with zero attached hydrogens (tertiary/aromatic N) is 1. The van der Waals surface area contributed by atoms with E-state index < -0.39 is 23.7 Å². The maximum atomic E-state index is 13.1. The second kappa shape index (κ2) is 8.07. The van der Waals surface area contributed by atoms with Crippen LogP contribution < -0.4 is 10.6 Å². The lowest BCUT2D eigenvalue weighted by Gasteiger charge is -2.33. The molecule has 9 heteroatoms. The van der Waals surface area contributed by atoms with Gasteiger partial charge in [-0.15, -0.1) is 0 Å². The summed E-state index contributed by atoms with van der Waals surface area (Å²) in [4.78, 5) is 37.1. The summed E-state index contributed by atoms with van der Waals surface area (Å²) in [5.74, 6) is -1.85. The molecule has 130 valence electrons. The molecule has 1 saturated heterocycles. The van der Waals surface area contributed by atoms with Gasteiger partial charge in [-0.3, -0.25) is 19.3 Å². The molecular formula is C15H17ClFN3O4. The lowest BCUT2D eigenvalue weighted by Crippen LogP contribution is -2.57. The summed E-state index contributed by atoms with van der Waals surface area (Å²) in [7, 11) is 1.23. The number of anilines is 1. The minimum absolute atomic E-state index is 0.0932. The first-order valence-electron chi connectivity index (χ1n) is 7.24. The summed E-state index contributed by atoms with van der Waals surface area (Å²) < 4.78 is 17.7. The molecule has 0 radical (unpaired) electrons. The van der Waals surface area contributed by atoms with Gasteiger partial charge in [0.05, 0.1) is 25.1 Å². The molecule has 0 bridgehead atoms. The van der Waals surface area contributed by atoms with E-state index in [0.29, 0.717) is 18.8 Å². The van der Waals surface area contributed by atoms with E-state index in [1.165, 1.54) is 19.2 Å². The fourth-order valence-corrected chi connectivity index (χ4v) is 2.55. The van der Waals surface area contributed by atoms with Gasteiger partial charge >= 0.3 is 5.97 Å². The first-order chi connectivity index (χ1) is 11.4. The third kappa shape index (κ3) is 4.65. The summed E-state index contributed by atoms with van der Waals surface area (Å²) in [5.41, 5.74) is 0.345. The number of carbonyl (C=O) groups excluding carboxylic acids is 3. The molecule has 1 heterocycles. The number of benzene rings is 1. The number of rotatable bonds is 5. The number of hydrogen-bond donors (Lipinski definition) is 2. The van der Waals surface area contributed by atoms with Crippen molar-refractivity contribution in [1.82, 2.24) is 10.2 Å². The van der Waals surface area contributed by atoms with Crippen molar-refractivity contribution in [2.75, 3.05) is 32.1 Å². The third-order valence-corrected chi connectivity index (χ3v) is 3.87. The molecule has 1 aromatic rings. The van der Waals surface area contributed by atoms with Crippen LogP contribution in [-0.4, -0.2) is 55.5 Å². The minimum Gasteiger partial charge on any atom is -0.469 e. The Labute approximate surface area is 143 Å². The molecular weight excluding hydrogens is 341 g/mol. The van der Waals surface area contributed by atoms with Crippen molar-refractivity contribution in [1.29, 1.82) is 0 Å². The lowest BCUT2D eigenvalue weighted by atomic mass is 10.1. The van der Waals surface area contributed by atoms with Crippen molar-refractivity contribution >= 4 is 35.1 Å². The lowest BCUT2D eigenvalue weighted by molar-refractivity contribution is -0.146. The Morgan fingerprint density at radius 1 is 1.50 bits per heavy atom. The van der Waals surface area contributed by atoms with E-state index >= 15 is 0 Å². The van der Waals surface area contributed by atoms with Crippen molar-refractivity contribution in [3.63, 3.8) is 0 Å². The number of ether oxygens (including phenoxy) is 1. The number of piperazine rings is 1. The molecule has 2 rings (SSSR count). The van der Waals surface area contributed by atoms with Gasteiger partial charge in [0.2, 0.25) is 11.8 Å². The number of esters is 1. The first-order valence-corrected chi connectivity index (χ1v) is 7.62. The van der Waals surface area contributed by atoms with Crippen LogP contribution in [0.1, 0.15) is 6.42 Å². The highest BCUT2D eigenvalue weighted by molar-refractivity contribution is 6.31. The normalized spacial score (nSPS) is 18.0. The Bertz CT molecular complexity index is 656. The molecule has 1 aliphatic rings. The van der Waals surface area contributed by atoms with Gasteiger partial charge in [-0.2, -0.15) is 0 Å². The third-order valence-electron chi connectivity index (χ3n) is 3.58. The van der Waals surface area contributed by atoms with Crippen molar-refractivity contribution in [3.8, 4) is 0 Å². The summed E-state index contributed by atoms with van der Waals surface area (Å²) in [6.07, 6.45) is -0.141. The van der Waals surface area contributed by atoms with E-state index in [9.17, 15) is 18.8 Å². The van der Waals surface area contributed by atoms with Crippen LogP contribution in [0.15, 0.2) is 18.2 Å². The van der Waals surface area contributed by atoms with Crippen LogP contribution >= 0.6 is 11.6 Å². The van der Waals surface area contributed by atoms with Crippen molar-refractivity contribution in [2.24, 2.45) is 0 Å². The average Bonchev–Trinajstić information content (AvgIpc) is 2.54. The SMILES string of the molecule is COC(=O)C[C@@H]1C(=O)NCCN1CC(=O)Nc1ccc(F)c(Cl)c1. The van der Waals surface area contributed by atoms with Crippen molar-refractivity contribution < 1.29 is 23.5 Å². The summed E-state index contributed by atoms with van der Waals surface area (Å²) in [6, 6.07) is 3.05. The molecule has 1 atom stereocenters. The van der Waals surface area contributed by atoms with E-state index in [-0.39, 0.29) is 23.9 Å². The highest BCUT2D eigenvalue weighted by Gasteiger charge is 2.33. The summed E-state index contributed by atoms with van der Waals surface area (Å²) in [6.45, 7) is 0.710. The van der Waals surface area contributed by atoms with Crippen LogP contribution in [0.25, 0.3) is 0 Å². The van der Waals surface area contributed by atoms with Crippen LogP contribution in [0.2, 0.25) is 5.02 Å². The molecule has 1 aliphatic heterocycles. The maximum absolute atomic E-state index is 13.1. The summed E-state index contributed by atoms with van der Waals surface area (Å²) in [5, 5.41) is 5.13. The maximum Gasteiger partial charge on any atom is 0.307 e. The monoisotopic (exact) mass is 357 g/mol. The predicted octanol–water partition coefficient (Wildman–Crippen LogP) is 0.781. The van der Waals surface area contributed by atoms with Gasteiger partial charge in [0.1, 0.15) is 11.9 Å². The van der Waals surface area contributed by atoms with Crippen LogP contribution in [-0.2, 0) is 19.1 Å². The molecule has 7 nitrogen and oxygen atoms in total. The van der Waals surface area contributed by atoms with Gasteiger partial charge in [0.15, 0.2) is 0 Å². The quantitative estimate of drug-likeness (QED) is 0.760. The molecule has 0 unspecified atom stereocenters. The van der Waals surface area contributed by atoms with Gasteiger partial charge in [-0.25, -0.2) is 4.39 Å². The van der Waals surface area contributed by atoms with Crippen LogP contribution in [0.4, 0.5) is 10.1 Å². The van der Waals surface area contributed by atoms with Crippen LogP contribution in [0.3, 0.4) is 0 Å². The molecule has 2 N–H and O–H groups in total. The standard InChI is InChI=1S/C15H17ClFN3O4/c1-24-14(22)7-12-15(23)18-4-5-20(12)8-13(21)19-9-2-3-11(17)10(16)6-9/h2-3,6,12H,4-5,7-8H2,1H3,(H,18,23)(H,19,21)/t12-/m1/s1. The largest absolute Gasteiger partial charge is 0.469 e. The Balaban J connectivity index is 2.00. The smallest absolute Gasteiger partial charge is 0.307 e. The second-order valence-corrected chi connectivity index (χ2v) is 5.64. The zero-order chi connectivity index (χ0) is 17.7. The van der Waals surface area contributed by atoms with Gasteiger partial charge in [-0.1, -0.05) is 11.6 Å². The topological polar surface area (TPSA) is 87.7 Å². The summed E-state index contributed by atoms with van der Waals surface area (Å²) >= 11 is 5.66. The molecule has 2 amide bonds. The van der Waals surface area contributed by atoms with E-state index in [4.69, 9.17) is 11.6 Å². The molecule has 24 heavy (non-hydrogen) atoms. The Morgan fingerprint density at radius 3 is 2.92 bits per heavy atom. The van der Waals surface area contributed by atoms with E-state index in [1.54, 1.807) is 4.90 Å². The van der Waals surface area contributed by atoms with Gasteiger partial charge in [0.25, 0.3) is 0 Å². The zero-order valence-electron chi connectivity index (χ0n) is 13.0. The highest BCUT2D eigenvalue weighted by Crippen LogP contribution is 2.19. The predicted molar refractivity (Wildman–Crippen MR) is 85.0 cm³/mol. The van der Waals surface area contributed by atoms with Gasteiger partial charge in [0, 0.05) is 18.8 Å². The highest BCUT2D eigenvalue weighted by atomic mass is 35.5. The van der Waals surface area contributed by atoms with Crippen LogP contribution in [0.5, 0.6) is 0 Å². The molecule has 0 spiro atoms. The molecule has 1 fully saturated rings. The van der Waals surface area contributed by atoms with Crippen LogP contribution in [0, 0.1) is 5.82 Å². The molecule has 1 aromatic carbocycles. The number of carbonyl (C=O) groups is 3. The number of methoxy groups -OCH3 is 1. The zero-order valence-corrected chi connectivity index (χ0v) is 13.7. The number of nitrogens with one attached hydrogen (secondary N) is 2. The number of amides is 2. The number of hydrogen-bond acceptors (Lipinski definition) is 5. The van der Waals surface area contributed by atoms with Gasteiger partial charge < -0.3 is 15.4 Å². The van der Waals surface area contributed by atoms with Gasteiger partial charge in [-0.05, 0) is 18.2 Å².